The zero-order chi connectivity index (χ0) is 14.9. The number of hydrazine groups is 1. The molecule has 1 saturated heterocycles. The number of nitrogens with one attached hydrogen (secondary N) is 1. The third-order valence-electron chi connectivity index (χ3n) is 3.88. The van der Waals surface area contributed by atoms with Crippen molar-refractivity contribution in [3.8, 4) is 0 Å². The predicted molar refractivity (Wildman–Crippen MR) is 80.4 cm³/mol. The van der Waals surface area contributed by atoms with E-state index in [0.29, 0.717) is 23.3 Å². The van der Waals surface area contributed by atoms with E-state index in [0.717, 1.165) is 18.7 Å². The third-order valence-corrected chi connectivity index (χ3v) is 3.88. The molecular formula is C15H24N4O. The van der Waals surface area contributed by atoms with Crippen molar-refractivity contribution in [2.75, 3.05) is 12.0 Å². The molecule has 0 radical (unpaired) electrons. The van der Waals surface area contributed by atoms with Crippen molar-refractivity contribution >= 4 is 11.7 Å². The van der Waals surface area contributed by atoms with Gasteiger partial charge in [0, 0.05) is 23.8 Å². The van der Waals surface area contributed by atoms with Gasteiger partial charge < -0.3 is 10.3 Å². The predicted octanol–water partition coefficient (Wildman–Crippen LogP) is 2.36. The number of nitrogens with two attached hydrogens (primary N) is 1. The standard InChI is InChI=1S/C15H24N4O/c1-9(2)13-6-12(7-14(17-13)18-16)15(20)19-8-10(3)5-11(19)4/h6-7,9-11H,5,8,16H2,1-4H3,(H,17,18). The lowest BCUT2D eigenvalue weighted by atomic mass is 10.1. The van der Waals surface area contributed by atoms with Crippen molar-refractivity contribution in [3.63, 3.8) is 0 Å². The summed E-state index contributed by atoms with van der Waals surface area (Å²) in [5, 5.41) is 0. The van der Waals surface area contributed by atoms with E-state index < -0.39 is 0 Å². The Kier molecular flexibility index (Phi) is 4.28. The Morgan fingerprint density at radius 1 is 1.45 bits per heavy atom. The first-order chi connectivity index (χ1) is 9.42. The first-order valence-electron chi connectivity index (χ1n) is 7.22. The van der Waals surface area contributed by atoms with Crippen molar-refractivity contribution in [2.45, 2.75) is 46.1 Å². The van der Waals surface area contributed by atoms with Crippen LogP contribution in [0.5, 0.6) is 0 Å². The maximum Gasteiger partial charge on any atom is 0.254 e. The lowest BCUT2D eigenvalue weighted by Gasteiger charge is -2.22. The van der Waals surface area contributed by atoms with Crippen LogP contribution in [0.15, 0.2) is 12.1 Å². The Morgan fingerprint density at radius 3 is 2.65 bits per heavy atom. The largest absolute Gasteiger partial charge is 0.336 e. The molecule has 1 aromatic heterocycles. The summed E-state index contributed by atoms with van der Waals surface area (Å²) in [7, 11) is 0. The van der Waals surface area contributed by atoms with Crippen LogP contribution in [-0.4, -0.2) is 28.4 Å². The van der Waals surface area contributed by atoms with Gasteiger partial charge in [-0.05, 0) is 37.3 Å². The van der Waals surface area contributed by atoms with Gasteiger partial charge in [0.05, 0.1) is 0 Å². The van der Waals surface area contributed by atoms with E-state index in [1.54, 1.807) is 6.07 Å². The van der Waals surface area contributed by atoms with Gasteiger partial charge in [-0.2, -0.15) is 0 Å². The molecule has 1 aliphatic heterocycles. The number of amides is 1. The number of likely N-dealkylation sites (tertiary alicyclic amines) is 1. The van der Waals surface area contributed by atoms with E-state index in [2.05, 4.69) is 38.1 Å². The molecular weight excluding hydrogens is 252 g/mol. The van der Waals surface area contributed by atoms with Crippen LogP contribution in [0, 0.1) is 5.92 Å². The van der Waals surface area contributed by atoms with Gasteiger partial charge in [0.25, 0.3) is 5.91 Å². The molecule has 2 unspecified atom stereocenters. The number of aromatic nitrogens is 1. The first-order valence-corrected chi connectivity index (χ1v) is 7.22. The summed E-state index contributed by atoms with van der Waals surface area (Å²) in [4.78, 5) is 19.0. The fourth-order valence-electron chi connectivity index (χ4n) is 2.79. The first kappa shape index (κ1) is 14.8. The van der Waals surface area contributed by atoms with Crippen LogP contribution in [0.4, 0.5) is 5.82 Å². The van der Waals surface area contributed by atoms with Gasteiger partial charge in [-0.3, -0.25) is 4.79 Å². The van der Waals surface area contributed by atoms with Gasteiger partial charge in [0.15, 0.2) is 0 Å². The second-order valence-corrected chi connectivity index (χ2v) is 6.11. The van der Waals surface area contributed by atoms with Crippen molar-refractivity contribution in [3.05, 3.63) is 23.4 Å². The molecule has 0 spiro atoms. The zero-order valence-electron chi connectivity index (χ0n) is 12.7. The van der Waals surface area contributed by atoms with Gasteiger partial charge >= 0.3 is 0 Å². The van der Waals surface area contributed by atoms with E-state index in [9.17, 15) is 4.79 Å². The number of hydrogen-bond acceptors (Lipinski definition) is 4. The number of hydrogen-bond donors (Lipinski definition) is 2. The Morgan fingerprint density at radius 2 is 2.15 bits per heavy atom. The number of pyridine rings is 1. The maximum absolute atomic E-state index is 12.7. The number of nitrogens with zero attached hydrogens (tertiary/aromatic N) is 2. The number of rotatable bonds is 3. The Bertz CT molecular complexity index is 501. The normalized spacial score (nSPS) is 22.4. The molecule has 1 fully saturated rings. The summed E-state index contributed by atoms with van der Waals surface area (Å²) in [5.74, 6) is 6.88. The van der Waals surface area contributed by atoms with Crippen LogP contribution < -0.4 is 11.3 Å². The molecule has 0 saturated carbocycles. The maximum atomic E-state index is 12.7. The van der Waals surface area contributed by atoms with E-state index >= 15 is 0 Å². The van der Waals surface area contributed by atoms with Gasteiger partial charge in [-0.25, -0.2) is 10.8 Å². The molecule has 0 aromatic carbocycles. The molecule has 2 heterocycles. The highest BCUT2D eigenvalue weighted by molar-refractivity contribution is 5.95. The van der Waals surface area contributed by atoms with Crippen molar-refractivity contribution in [1.82, 2.24) is 9.88 Å². The van der Waals surface area contributed by atoms with E-state index in [1.807, 2.05) is 11.0 Å². The quantitative estimate of drug-likeness (QED) is 0.656. The second-order valence-electron chi connectivity index (χ2n) is 6.11. The molecule has 110 valence electrons. The molecule has 0 aliphatic carbocycles. The fourth-order valence-corrected chi connectivity index (χ4v) is 2.79. The summed E-state index contributed by atoms with van der Waals surface area (Å²) in [5.41, 5.74) is 4.09. The van der Waals surface area contributed by atoms with E-state index in [1.165, 1.54) is 0 Å². The van der Waals surface area contributed by atoms with Crippen molar-refractivity contribution < 1.29 is 4.79 Å². The molecule has 20 heavy (non-hydrogen) atoms. The summed E-state index contributed by atoms with van der Waals surface area (Å²) < 4.78 is 0. The third kappa shape index (κ3) is 2.93. The summed E-state index contributed by atoms with van der Waals surface area (Å²) in [6, 6.07) is 3.90. The lowest BCUT2D eigenvalue weighted by molar-refractivity contribution is 0.0743. The monoisotopic (exact) mass is 276 g/mol. The summed E-state index contributed by atoms with van der Waals surface area (Å²) >= 11 is 0. The zero-order valence-corrected chi connectivity index (χ0v) is 12.7. The van der Waals surface area contributed by atoms with Crippen LogP contribution in [0.25, 0.3) is 0 Å². The lowest BCUT2D eigenvalue weighted by Crippen LogP contribution is -2.34. The molecule has 2 atom stereocenters. The average molecular weight is 276 g/mol. The molecule has 3 N–H and O–H groups in total. The molecule has 2 rings (SSSR count). The summed E-state index contributed by atoms with van der Waals surface area (Å²) in [6.07, 6.45) is 1.07. The fraction of sp³-hybridized carbons (Fsp3) is 0.600. The molecule has 1 aliphatic rings. The highest BCUT2D eigenvalue weighted by Gasteiger charge is 2.30. The topological polar surface area (TPSA) is 71.2 Å². The highest BCUT2D eigenvalue weighted by Crippen LogP contribution is 2.26. The van der Waals surface area contributed by atoms with E-state index in [-0.39, 0.29) is 11.8 Å². The Labute approximate surface area is 120 Å². The highest BCUT2D eigenvalue weighted by atomic mass is 16.2. The van der Waals surface area contributed by atoms with Gasteiger partial charge in [-0.1, -0.05) is 20.8 Å². The average Bonchev–Trinajstić information content (AvgIpc) is 2.76. The van der Waals surface area contributed by atoms with Crippen LogP contribution in [0.1, 0.15) is 56.1 Å². The second kappa shape index (κ2) is 5.79. The molecule has 5 heteroatoms. The van der Waals surface area contributed by atoms with Gasteiger partial charge in [0.1, 0.15) is 5.82 Å². The number of nitrogen functional groups attached to an aromatic ring is 1. The minimum Gasteiger partial charge on any atom is -0.336 e. The van der Waals surface area contributed by atoms with Gasteiger partial charge in [0.2, 0.25) is 0 Å². The smallest absolute Gasteiger partial charge is 0.254 e. The molecule has 0 bridgehead atoms. The van der Waals surface area contributed by atoms with Crippen LogP contribution in [0.3, 0.4) is 0 Å². The van der Waals surface area contributed by atoms with Crippen molar-refractivity contribution in [2.24, 2.45) is 11.8 Å². The van der Waals surface area contributed by atoms with Crippen LogP contribution in [-0.2, 0) is 0 Å². The number of anilines is 1. The number of carbonyl (C=O) groups excluding carboxylic acids is 1. The van der Waals surface area contributed by atoms with Crippen molar-refractivity contribution in [1.29, 1.82) is 0 Å². The molecule has 1 amide bonds. The summed E-state index contributed by atoms with van der Waals surface area (Å²) in [6.45, 7) is 9.22. The SMILES string of the molecule is CC1CC(C)N(C(=O)c2cc(NN)nc(C(C)C)c2)C1. The van der Waals surface area contributed by atoms with Crippen LogP contribution >= 0.6 is 0 Å². The van der Waals surface area contributed by atoms with E-state index in [4.69, 9.17) is 5.84 Å². The minimum absolute atomic E-state index is 0.0719. The van der Waals surface area contributed by atoms with Crippen LogP contribution in [0.2, 0.25) is 0 Å². The minimum atomic E-state index is 0.0719. The van der Waals surface area contributed by atoms with Gasteiger partial charge in [-0.15, -0.1) is 0 Å². The molecule has 1 aromatic rings. The Balaban J connectivity index is 2.31. The number of carbonyl (C=O) groups is 1. The Hall–Kier alpha value is -1.62. The molecule has 5 nitrogen and oxygen atoms in total.